The molecule has 0 spiro atoms. The van der Waals surface area contributed by atoms with E-state index in [2.05, 4.69) is 61.3 Å². The average molecular weight is 821 g/mol. The number of unbranched alkanes of at least 4 members (excludes halogenated alkanes) is 16. The van der Waals surface area contributed by atoms with E-state index < -0.39 is 0 Å². The van der Waals surface area contributed by atoms with E-state index in [1.807, 2.05) is 13.8 Å². The summed E-state index contributed by atoms with van der Waals surface area (Å²) in [6.07, 6.45) is 30.9. The highest BCUT2D eigenvalue weighted by Gasteiger charge is 2.21. The van der Waals surface area contributed by atoms with Crippen molar-refractivity contribution in [3.05, 3.63) is 12.4 Å². The number of ether oxygens (including phenoxy) is 2. The minimum Gasteiger partial charge on any atom is -0.465 e. The molecule has 0 radical (unpaired) electrons. The number of hydrogen-bond donors (Lipinski definition) is 1. The number of esters is 2. The van der Waals surface area contributed by atoms with Gasteiger partial charge in [-0.1, -0.05) is 177 Å². The molecule has 0 aromatic carbocycles. The third-order valence-electron chi connectivity index (χ3n) is 11.9. The van der Waals surface area contributed by atoms with Crippen LogP contribution in [0.4, 0.5) is 0 Å². The Hall–Kier alpha value is -1.80. The summed E-state index contributed by atoms with van der Waals surface area (Å²) in [6.45, 7) is 26.3. The summed E-state index contributed by atoms with van der Waals surface area (Å²) in [5.74, 6) is 0.962. The third kappa shape index (κ3) is 32.0. The zero-order valence-corrected chi connectivity index (χ0v) is 40.0. The summed E-state index contributed by atoms with van der Waals surface area (Å²) in [5, 5.41) is 3.60. The lowest BCUT2D eigenvalue weighted by atomic mass is 9.94. The van der Waals surface area contributed by atoms with E-state index in [0.29, 0.717) is 13.2 Å². The van der Waals surface area contributed by atoms with Crippen LogP contribution in [0.15, 0.2) is 12.4 Å². The molecular weight excluding hydrogens is 721 g/mol. The van der Waals surface area contributed by atoms with Crippen molar-refractivity contribution in [2.24, 2.45) is 11.8 Å². The van der Waals surface area contributed by atoms with Crippen molar-refractivity contribution in [1.29, 1.82) is 0 Å². The van der Waals surface area contributed by atoms with E-state index in [4.69, 9.17) is 9.47 Å². The fourth-order valence-electron chi connectivity index (χ4n) is 7.93. The van der Waals surface area contributed by atoms with Crippen LogP contribution in [0.25, 0.3) is 0 Å². The molecule has 8 nitrogen and oxygen atoms in total. The van der Waals surface area contributed by atoms with E-state index in [-0.39, 0.29) is 23.8 Å². The number of hydrogen-bond acceptors (Lipinski definition) is 8. The van der Waals surface area contributed by atoms with Gasteiger partial charge in [0.1, 0.15) is 0 Å². The zero-order valence-electron chi connectivity index (χ0n) is 40.0. The molecule has 0 aromatic rings. The lowest BCUT2D eigenvalue weighted by Crippen LogP contribution is -2.45. The van der Waals surface area contributed by atoms with Crippen LogP contribution < -0.4 is 5.32 Å². The Morgan fingerprint density at radius 3 is 1.31 bits per heavy atom. The standard InChI is InChI=1S/C48H94N4O4.C2H6/c1-7-11-15-19-21-25-32-45(30-23-17-13-9-3)47(53)55-42-28-36-52(44(5)49-34-27-35-51-40-38-50(6)39-41-51)37-29-43-56-48(54)46(31-24-18-14-10-4)33-26-22-20-16-12-8-2;1-2/h45-46,49H,5,7-43H2,1-4,6H3;1-2H3. The van der Waals surface area contributed by atoms with Crippen molar-refractivity contribution in [3.8, 4) is 0 Å². The van der Waals surface area contributed by atoms with Gasteiger partial charge >= 0.3 is 11.9 Å². The first kappa shape index (κ1) is 56.2. The molecule has 0 saturated carbocycles. The average Bonchev–Trinajstić information content (AvgIpc) is 3.23. The number of rotatable bonds is 40. The van der Waals surface area contributed by atoms with E-state index in [9.17, 15) is 9.59 Å². The van der Waals surface area contributed by atoms with Crippen LogP contribution in [0, 0.1) is 11.8 Å². The molecule has 1 fully saturated rings. The highest BCUT2D eigenvalue weighted by Crippen LogP contribution is 2.22. The van der Waals surface area contributed by atoms with Gasteiger partial charge in [-0.2, -0.15) is 0 Å². The van der Waals surface area contributed by atoms with Gasteiger partial charge in [-0.3, -0.25) is 9.59 Å². The quantitative estimate of drug-likeness (QED) is 0.0484. The molecule has 1 aliphatic rings. The Kier molecular flexibility index (Phi) is 40.6. The summed E-state index contributed by atoms with van der Waals surface area (Å²) in [5.41, 5.74) is 0. The summed E-state index contributed by atoms with van der Waals surface area (Å²) in [6, 6.07) is 0. The van der Waals surface area contributed by atoms with Crippen LogP contribution in [0.3, 0.4) is 0 Å². The van der Waals surface area contributed by atoms with Crippen LogP contribution in [0.5, 0.6) is 0 Å². The van der Waals surface area contributed by atoms with Crippen LogP contribution in [-0.4, -0.2) is 99.3 Å². The van der Waals surface area contributed by atoms with Crippen molar-refractivity contribution in [2.75, 3.05) is 72.6 Å². The first-order chi connectivity index (χ1) is 28.4. The summed E-state index contributed by atoms with van der Waals surface area (Å²) < 4.78 is 11.9. The molecule has 8 heteroatoms. The van der Waals surface area contributed by atoms with Gasteiger partial charge in [-0.15, -0.1) is 0 Å². The van der Waals surface area contributed by atoms with Gasteiger partial charge in [0, 0.05) is 45.8 Å². The van der Waals surface area contributed by atoms with E-state index in [0.717, 1.165) is 129 Å². The maximum atomic E-state index is 13.3. The largest absolute Gasteiger partial charge is 0.465 e. The van der Waals surface area contributed by atoms with Crippen molar-refractivity contribution in [1.82, 2.24) is 20.0 Å². The van der Waals surface area contributed by atoms with Crippen LogP contribution in [0.2, 0.25) is 0 Å². The summed E-state index contributed by atoms with van der Waals surface area (Å²) >= 11 is 0. The summed E-state index contributed by atoms with van der Waals surface area (Å²) in [4.78, 5) is 33.8. The molecule has 344 valence electrons. The molecule has 1 heterocycles. The molecule has 58 heavy (non-hydrogen) atoms. The second kappa shape index (κ2) is 41.9. The van der Waals surface area contributed by atoms with Crippen molar-refractivity contribution in [2.45, 2.75) is 215 Å². The lowest BCUT2D eigenvalue weighted by molar-refractivity contribution is -0.150. The maximum absolute atomic E-state index is 13.3. The number of likely N-dealkylation sites (N-methyl/N-ethyl adjacent to an activating group) is 1. The molecule has 2 atom stereocenters. The maximum Gasteiger partial charge on any atom is 0.308 e. The predicted octanol–water partition coefficient (Wildman–Crippen LogP) is 12.6. The van der Waals surface area contributed by atoms with Gasteiger partial charge in [0.2, 0.25) is 0 Å². The topological polar surface area (TPSA) is 74.3 Å². The molecule has 1 saturated heterocycles. The molecule has 0 aromatic heterocycles. The minimum absolute atomic E-state index is 0.000385. The van der Waals surface area contributed by atoms with E-state index in [1.54, 1.807) is 0 Å². The third-order valence-corrected chi connectivity index (χ3v) is 11.9. The van der Waals surface area contributed by atoms with Crippen molar-refractivity contribution >= 4 is 11.9 Å². The molecule has 2 unspecified atom stereocenters. The first-order valence-corrected chi connectivity index (χ1v) is 25.3. The highest BCUT2D eigenvalue weighted by molar-refractivity contribution is 5.72. The number of carbonyl (C=O) groups excluding carboxylic acids is 2. The Morgan fingerprint density at radius 1 is 0.552 bits per heavy atom. The first-order valence-electron chi connectivity index (χ1n) is 25.3. The Morgan fingerprint density at radius 2 is 0.914 bits per heavy atom. The smallest absolute Gasteiger partial charge is 0.308 e. The van der Waals surface area contributed by atoms with Crippen molar-refractivity contribution in [3.63, 3.8) is 0 Å². The van der Waals surface area contributed by atoms with E-state index in [1.165, 1.54) is 103 Å². The minimum atomic E-state index is -0.000385. The highest BCUT2D eigenvalue weighted by atomic mass is 16.5. The zero-order chi connectivity index (χ0) is 42.9. The Balaban J connectivity index is 0.0000160. The fourth-order valence-corrected chi connectivity index (χ4v) is 7.93. The van der Waals surface area contributed by atoms with Crippen LogP contribution in [-0.2, 0) is 19.1 Å². The number of carbonyl (C=O) groups is 2. The fraction of sp³-hybridized carbons (Fsp3) is 0.920. The molecule has 1 aliphatic heterocycles. The van der Waals surface area contributed by atoms with Gasteiger partial charge in [0.05, 0.1) is 30.9 Å². The molecular formula is C50H100N4O4. The molecule has 0 amide bonds. The molecule has 1 N–H and O–H groups in total. The normalized spacial score (nSPS) is 14.3. The lowest BCUT2D eigenvalue weighted by Gasteiger charge is -2.32. The summed E-state index contributed by atoms with van der Waals surface area (Å²) in [7, 11) is 2.20. The van der Waals surface area contributed by atoms with Crippen molar-refractivity contribution < 1.29 is 19.1 Å². The Bertz CT molecular complexity index is 873. The number of nitrogens with zero attached hydrogens (tertiary/aromatic N) is 3. The van der Waals surface area contributed by atoms with E-state index >= 15 is 0 Å². The monoisotopic (exact) mass is 821 g/mol. The number of piperazine rings is 1. The van der Waals surface area contributed by atoms with Gasteiger partial charge in [0.15, 0.2) is 0 Å². The number of nitrogens with one attached hydrogen (secondary N) is 1. The second-order valence-corrected chi connectivity index (χ2v) is 17.1. The van der Waals surface area contributed by atoms with Gasteiger partial charge in [-0.05, 0) is 58.5 Å². The second-order valence-electron chi connectivity index (χ2n) is 17.1. The molecule has 0 aliphatic carbocycles. The van der Waals surface area contributed by atoms with Gasteiger partial charge in [-0.25, -0.2) is 0 Å². The molecule has 0 bridgehead atoms. The van der Waals surface area contributed by atoms with Gasteiger partial charge < -0.3 is 29.5 Å². The predicted molar refractivity (Wildman–Crippen MR) is 250 cm³/mol. The molecule has 1 rings (SSSR count). The SMILES string of the molecule is C=C(NCCCN1CCN(C)CC1)N(CCCOC(=O)C(CCCCCC)CCCCCCCC)CCCOC(=O)C(CCCCCC)CCCCCCCC.CC. The van der Waals surface area contributed by atoms with Crippen LogP contribution in [0.1, 0.15) is 215 Å². The van der Waals surface area contributed by atoms with Crippen LogP contribution >= 0.6 is 0 Å². The Labute approximate surface area is 361 Å². The van der Waals surface area contributed by atoms with Gasteiger partial charge in [0.25, 0.3) is 0 Å².